The average Bonchev–Trinajstić information content (AvgIpc) is 3.75. The number of hydrogen-bond acceptors (Lipinski definition) is 3. The molecule has 1 aliphatic heterocycles. The zero-order valence-electron chi connectivity index (χ0n) is 22.7. The fourth-order valence-corrected chi connectivity index (χ4v) is 6.37. The van der Waals surface area contributed by atoms with Crippen LogP contribution in [-0.4, -0.2) is 57.3 Å². The van der Waals surface area contributed by atoms with Gasteiger partial charge in [0, 0.05) is 37.2 Å². The number of benzene rings is 2. The minimum absolute atomic E-state index is 0.0635. The Bertz CT molecular complexity index is 1410. The molecule has 6 rings (SSSR count). The van der Waals surface area contributed by atoms with Crippen LogP contribution in [0.1, 0.15) is 79.8 Å². The number of halogens is 1. The van der Waals surface area contributed by atoms with Crippen molar-refractivity contribution in [2.24, 2.45) is 10.9 Å². The van der Waals surface area contributed by atoms with Crippen molar-refractivity contribution in [1.29, 1.82) is 0 Å². The second-order valence-electron chi connectivity index (χ2n) is 11.6. The first-order chi connectivity index (χ1) is 19.0. The average molecular weight is 532 g/mol. The Kier molecular flexibility index (Phi) is 7.38. The van der Waals surface area contributed by atoms with Crippen LogP contribution in [0.2, 0.25) is 0 Å². The van der Waals surface area contributed by atoms with Gasteiger partial charge in [-0.15, -0.1) is 0 Å². The van der Waals surface area contributed by atoms with Crippen molar-refractivity contribution in [2.75, 3.05) is 20.1 Å². The van der Waals surface area contributed by atoms with Crippen molar-refractivity contribution in [3.63, 3.8) is 0 Å². The topological polar surface area (TPSA) is 73.7 Å². The van der Waals surface area contributed by atoms with E-state index >= 15 is 0 Å². The Morgan fingerprint density at radius 2 is 1.69 bits per heavy atom. The van der Waals surface area contributed by atoms with Crippen molar-refractivity contribution < 1.29 is 14.0 Å². The number of H-pyrrole nitrogens is 1. The Morgan fingerprint density at radius 1 is 0.974 bits per heavy atom. The summed E-state index contributed by atoms with van der Waals surface area (Å²) >= 11 is 0. The van der Waals surface area contributed by atoms with Crippen LogP contribution >= 0.6 is 0 Å². The van der Waals surface area contributed by atoms with Gasteiger partial charge in [0.05, 0.1) is 11.0 Å². The minimum atomic E-state index is -0.404. The lowest BCUT2D eigenvalue weighted by atomic mass is 9.85. The first-order valence-electron chi connectivity index (χ1n) is 14.5. The summed E-state index contributed by atoms with van der Waals surface area (Å²) in [5.41, 5.74) is 4.10. The minimum Gasteiger partial charge on any atom is -0.343 e. The maximum absolute atomic E-state index is 13.4. The van der Waals surface area contributed by atoms with Crippen molar-refractivity contribution in [1.82, 2.24) is 19.4 Å². The van der Waals surface area contributed by atoms with Gasteiger partial charge >= 0.3 is 0 Å². The van der Waals surface area contributed by atoms with E-state index in [0.29, 0.717) is 17.2 Å². The Labute approximate surface area is 228 Å². The predicted octanol–water partition coefficient (Wildman–Crippen LogP) is 5.19. The molecule has 3 fully saturated rings. The van der Waals surface area contributed by atoms with Gasteiger partial charge in [0.2, 0.25) is 11.5 Å². The Morgan fingerprint density at radius 3 is 2.38 bits per heavy atom. The number of aromatic amines is 1. The smallest absolute Gasteiger partial charge is 0.280 e. The zero-order valence-corrected chi connectivity index (χ0v) is 22.7. The molecule has 7 nitrogen and oxygen atoms in total. The summed E-state index contributed by atoms with van der Waals surface area (Å²) in [7, 11) is 1.95. The second-order valence-corrected chi connectivity index (χ2v) is 11.6. The van der Waals surface area contributed by atoms with E-state index in [1.807, 2.05) is 11.9 Å². The lowest BCUT2D eigenvalue weighted by molar-refractivity contribution is -0.135. The van der Waals surface area contributed by atoms with Gasteiger partial charge in [-0.3, -0.25) is 14.5 Å². The normalized spacial score (nSPS) is 22.8. The van der Waals surface area contributed by atoms with E-state index < -0.39 is 5.91 Å². The van der Waals surface area contributed by atoms with E-state index in [0.717, 1.165) is 69.2 Å². The molecule has 2 saturated carbocycles. The van der Waals surface area contributed by atoms with Gasteiger partial charge in [0.1, 0.15) is 5.82 Å². The van der Waals surface area contributed by atoms with Crippen LogP contribution in [0.25, 0.3) is 11.0 Å². The van der Waals surface area contributed by atoms with Gasteiger partial charge in [-0.2, -0.15) is 4.99 Å². The summed E-state index contributed by atoms with van der Waals surface area (Å²) in [5, 5.41) is 0. The van der Waals surface area contributed by atoms with Crippen molar-refractivity contribution in [3.05, 3.63) is 65.0 Å². The summed E-state index contributed by atoms with van der Waals surface area (Å²) in [6.45, 7) is 3.17. The number of nitrogens with one attached hydrogen (secondary N) is 1. The van der Waals surface area contributed by atoms with Crippen LogP contribution in [0.15, 0.2) is 47.5 Å². The van der Waals surface area contributed by atoms with E-state index in [9.17, 15) is 14.0 Å². The molecule has 3 aliphatic rings. The number of imidazole rings is 1. The molecule has 0 radical (unpaired) electrons. The highest BCUT2D eigenvalue weighted by Gasteiger charge is 2.35. The van der Waals surface area contributed by atoms with Gasteiger partial charge in [-0.25, -0.2) is 4.39 Å². The number of likely N-dealkylation sites (tertiary alicyclic amines) is 1. The molecule has 2 aliphatic carbocycles. The van der Waals surface area contributed by atoms with E-state index in [1.165, 1.54) is 49.1 Å². The SMILES string of the molecule is CN(C(=O)[C@H]1CC[C@@H](n2/c(=N/C(=O)c3ccc(F)cc3)[nH]c3ccc(CN4CCCCC4)cc32)CC1)C1CC1. The molecule has 3 aromatic rings. The van der Waals surface area contributed by atoms with Crippen LogP contribution in [-0.2, 0) is 11.3 Å². The van der Waals surface area contributed by atoms with Gasteiger partial charge in [0.25, 0.3) is 5.91 Å². The summed E-state index contributed by atoms with van der Waals surface area (Å²) in [4.78, 5) is 38.5. The van der Waals surface area contributed by atoms with Gasteiger partial charge in [-0.1, -0.05) is 12.5 Å². The first kappa shape index (κ1) is 26.0. The number of carbonyl (C=O) groups is 2. The number of carbonyl (C=O) groups excluding carboxylic acids is 2. The molecule has 8 heteroatoms. The van der Waals surface area contributed by atoms with E-state index in [2.05, 4.69) is 37.6 Å². The molecule has 1 N–H and O–H groups in total. The van der Waals surface area contributed by atoms with Gasteiger partial charge < -0.3 is 14.5 Å². The summed E-state index contributed by atoms with van der Waals surface area (Å²) in [5.74, 6) is -0.445. The number of fused-ring (bicyclic) bond motifs is 1. The summed E-state index contributed by atoms with van der Waals surface area (Å²) in [6.07, 6.45) is 9.43. The van der Waals surface area contributed by atoms with E-state index in [1.54, 1.807) is 0 Å². The monoisotopic (exact) mass is 531 g/mol. The molecule has 0 atom stereocenters. The molecule has 0 bridgehead atoms. The highest BCUT2D eigenvalue weighted by molar-refractivity contribution is 5.95. The Balaban J connectivity index is 1.31. The molecule has 2 aromatic carbocycles. The third kappa shape index (κ3) is 5.71. The third-order valence-electron chi connectivity index (χ3n) is 8.80. The largest absolute Gasteiger partial charge is 0.343 e. The van der Waals surface area contributed by atoms with Crippen LogP contribution in [0.4, 0.5) is 4.39 Å². The number of hydrogen-bond donors (Lipinski definition) is 1. The molecule has 1 saturated heterocycles. The Hall–Kier alpha value is -3.26. The third-order valence-corrected chi connectivity index (χ3v) is 8.80. The van der Waals surface area contributed by atoms with E-state index in [-0.39, 0.29) is 23.7 Å². The highest BCUT2D eigenvalue weighted by Crippen LogP contribution is 2.36. The van der Waals surface area contributed by atoms with Gasteiger partial charge in [0.15, 0.2) is 0 Å². The quantitative estimate of drug-likeness (QED) is 0.476. The first-order valence-corrected chi connectivity index (χ1v) is 14.5. The van der Waals surface area contributed by atoms with Crippen LogP contribution in [0, 0.1) is 11.7 Å². The van der Waals surface area contributed by atoms with Crippen LogP contribution in [0.3, 0.4) is 0 Å². The maximum atomic E-state index is 13.4. The van der Waals surface area contributed by atoms with Crippen molar-refractivity contribution in [2.45, 2.75) is 76.4 Å². The van der Waals surface area contributed by atoms with E-state index in [4.69, 9.17) is 0 Å². The highest BCUT2D eigenvalue weighted by atomic mass is 19.1. The fourth-order valence-electron chi connectivity index (χ4n) is 6.37. The standard InChI is InChI=1S/C31H38FN5O2/c1-35(25-14-15-25)30(39)23-8-12-26(13-9-23)37-28-19-21(20-36-17-3-2-4-18-36)5-16-27(28)33-31(37)34-29(38)22-6-10-24(32)11-7-22/h5-7,10-11,16,19,23,25-26H,2-4,8-9,12-15,17-18,20H2,1H3,(H,33,34,38)/t23-,26+. The molecule has 1 aromatic heterocycles. The lowest BCUT2D eigenvalue weighted by Crippen LogP contribution is -2.37. The molecule has 2 heterocycles. The lowest BCUT2D eigenvalue weighted by Gasteiger charge is -2.31. The van der Waals surface area contributed by atoms with Crippen LogP contribution < -0.4 is 5.62 Å². The number of nitrogens with zero attached hydrogens (tertiary/aromatic N) is 4. The zero-order chi connectivity index (χ0) is 26.9. The number of rotatable bonds is 6. The van der Waals surface area contributed by atoms with Crippen molar-refractivity contribution >= 4 is 22.8 Å². The van der Waals surface area contributed by atoms with Crippen molar-refractivity contribution in [3.8, 4) is 0 Å². The second kappa shape index (κ2) is 11.1. The molecule has 206 valence electrons. The molecular weight excluding hydrogens is 493 g/mol. The summed E-state index contributed by atoms with van der Waals surface area (Å²) < 4.78 is 15.6. The van der Waals surface area contributed by atoms with Gasteiger partial charge in [-0.05, 0) is 106 Å². The number of amides is 2. The number of piperidine rings is 1. The maximum Gasteiger partial charge on any atom is 0.280 e. The molecule has 0 spiro atoms. The molecular formula is C31H38FN5O2. The molecule has 2 amide bonds. The van der Waals surface area contributed by atoms with Crippen LogP contribution in [0.5, 0.6) is 0 Å². The molecule has 0 unspecified atom stereocenters. The fraction of sp³-hybridized carbons (Fsp3) is 0.516. The summed E-state index contributed by atoms with van der Waals surface area (Å²) in [6, 6.07) is 12.6. The predicted molar refractivity (Wildman–Crippen MR) is 148 cm³/mol. The molecule has 39 heavy (non-hydrogen) atoms. The number of aromatic nitrogens is 2.